The molecule has 0 amide bonds. The Balaban J connectivity index is 1.50. The molecule has 41 heavy (non-hydrogen) atoms. The van der Waals surface area contributed by atoms with Gasteiger partial charge in [-0.25, -0.2) is 4.98 Å². The average Bonchev–Trinajstić information content (AvgIpc) is 3.56. The van der Waals surface area contributed by atoms with Crippen LogP contribution in [-0.4, -0.2) is 27.3 Å². The third kappa shape index (κ3) is 6.38. The van der Waals surface area contributed by atoms with E-state index in [0.717, 1.165) is 17.7 Å². The number of fused-ring (bicyclic) bond motifs is 1. The number of nitrogens with one attached hydrogen (secondary N) is 2. The summed E-state index contributed by atoms with van der Waals surface area (Å²) in [7, 11) is 0. The lowest BCUT2D eigenvalue weighted by atomic mass is 10.1. The predicted octanol–water partition coefficient (Wildman–Crippen LogP) is 7.58. The fraction of sp³-hybridized carbons (Fsp3) is 0.0769. The third-order valence-corrected chi connectivity index (χ3v) is 7.55. The molecule has 0 spiro atoms. The number of allylic oxidation sites excluding steroid dienone is 1. The lowest BCUT2D eigenvalue weighted by Gasteiger charge is -2.05. The number of benzene rings is 3. The van der Waals surface area contributed by atoms with Crippen molar-refractivity contribution in [3.63, 3.8) is 0 Å². The first-order chi connectivity index (χ1) is 19.7. The van der Waals surface area contributed by atoms with E-state index < -0.39 is 21.2 Å². The van der Waals surface area contributed by atoms with Crippen LogP contribution in [0, 0.1) is 27.2 Å². The molecule has 0 bridgehead atoms. The van der Waals surface area contributed by atoms with Gasteiger partial charge in [0.2, 0.25) is 6.79 Å². The first-order valence-corrected chi connectivity index (χ1v) is 13.3. The Hall–Kier alpha value is -4.72. The van der Waals surface area contributed by atoms with E-state index in [1.807, 2.05) is 12.1 Å². The van der Waals surface area contributed by atoms with Gasteiger partial charge < -0.3 is 14.8 Å². The summed E-state index contributed by atoms with van der Waals surface area (Å²) in [5, 5.41) is 31.7. The fourth-order valence-corrected chi connectivity index (χ4v) is 4.99. The second-order valence-corrected chi connectivity index (χ2v) is 10.3. The molecule has 0 saturated heterocycles. The minimum atomic E-state index is -0.718. The van der Waals surface area contributed by atoms with E-state index in [-0.39, 0.29) is 12.5 Å². The molecule has 2 heterocycles. The number of hydrazone groups is 1. The summed E-state index contributed by atoms with van der Waals surface area (Å²) < 4.78 is 10.8. The second kappa shape index (κ2) is 11.8. The number of thiazole rings is 1. The van der Waals surface area contributed by atoms with Gasteiger partial charge in [0.05, 0.1) is 36.5 Å². The minimum Gasteiger partial charge on any atom is -0.454 e. The maximum absolute atomic E-state index is 11.6. The van der Waals surface area contributed by atoms with Gasteiger partial charge in [0.25, 0.3) is 5.69 Å². The van der Waals surface area contributed by atoms with Crippen molar-refractivity contribution in [2.24, 2.45) is 5.10 Å². The van der Waals surface area contributed by atoms with Crippen molar-refractivity contribution in [3.8, 4) is 11.5 Å². The number of anilines is 3. The summed E-state index contributed by atoms with van der Waals surface area (Å²) in [5.41, 5.74) is 4.26. The van der Waals surface area contributed by atoms with Gasteiger partial charge in [-0.1, -0.05) is 46.7 Å². The van der Waals surface area contributed by atoms with E-state index in [0.29, 0.717) is 48.6 Å². The number of aryl methyl sites for hydroxylation is 1. The number of nitro benzene ring substituents is 2. The van der Waals surface area contributed by atoms with Gasteiger partial charge in [-0.05, 0) is 55.0 Å². The number of ether oxygens (including phenoxy) is 2. The predicted molar refractivity (Wildman–Crippen MR) is 158 cm³/mol. The lowest BCUT2D eigenvalue weighted by Crippen LogP contribution is -2.03. The molecule has 5 rings (SSSR count). The highest BCUT2D eigenvalue weighted by Crippen LogP contribution is 2.34. The van der Waals surface area contributed by atoms with Crippen molar-refractivity contribution in [3.05, 3.63) is 107 Å². The van der Waals surface area contributed by atoms with Gasteiger partial charge in [-0.15, -0.1) is 0 Å². The largest absolute Gasteiger partial charge is 0.454 e. The fourth-order valence-electron chi connectivity index (χ4n) is 3.74. The molecular formula is C26H18Cl2N6O6S. The summed E-state index contributed by atoms with van der Waals surface area (Å²) in [6.07, 6.45) is 3.50. The molecule has 0 aliphatic carbocycles. The van der Waals surface area contributed by atoms with Crippen molar-refractivity contribution in [1.82, 2.24) is 4.98 Å². The van der Waals surface area contributed by atoms with Crippen LogP contribution in [0.5, 0.6) is 11.5 Å². The van der Waals surface area contributed by atoms with Crippen LogP contribution in [-0.2, 0) is 0 Å². The molecular weight excluding hydrogens is 595 g/mol. The molecule has 3 aromatic carbocycles. The molecule has 1 aliphatic heterocycles. The van der Waals surface area contributed by atoms with Crippen LogP contribution in [0.15, 0.2) is 65.8 Å². The molecule has 0 atom stereocenters. The number of hydrogen-bond donors (Lipinski definition) is 2. The molecule has 0 fully saturated rings. The highest BCUT2D eigenvalue weighted by molar-refractivity contribution is 7.18. The van der Waals surface area contributed by atoms with Gasteiger partial charge >= 0.3 is 5.69 Å². The van der Waals surface area contributed by atoms with Crippen molar-refractivity contribution < 1.29 is 19.3 Å². The van der Waals surface area contributed by atoms with E-state index in [9.17, 15) is 20.2 Å². The quantitative estimate of drug-likeness (QED) is 0.110. The minimum absolute atomic E-state index is 0.0223. The van der Waals surface area contributed by atoms with Gasteiger partial charge in [0.1, 0.15) is 11.4 Å². The number of rotatable bonds is 9. The Morgan fingerprint density at radius 2 is 1.83 bits per heavy atom. The Labute approximate surface area is 246 Å². The van der Waals surface area contributed by atoms with E-state index in [1.54, 1.807) is 43.3 Å². The summed E-state index contributed by atoms with van der Waals surface area (Å²) in [5.74, 6) is 1.24. The van der Waals surface area contributed by atoms with Crippen molar-refractivity contribution in [2.75, 3.05) is 17.5 Å². The van der Waals surface area contributed by atoms with Gasteiger partial charge in [0, 0.05) is 11.8 Å². The van der Waals surface area contributed by atoms with Crippen LogP contribution in [0.25, 0.3) is 6.08 Å². The zero-order chi connectivity index (χ0) is 29.1. The molecule has 0 saturated carbocycles. The van der Waals surface area contributed by atoms with E-state index >= 15 is 0 Å². The van der Waals surface area contributed by atoms with Crippen LogP contribution in [0.2, 0.25) is 10.0 Å². The molecule has 0 unspecified atom stereocenters. The maximum Gasteiger partial charge on any atom is 0.301 e. The number of nitrogens with zero attached hydrogens (tertiary/aromatic N) is 4. The molecule has 12 nitrogen and oxygen atoms in total. The van der Waals surface area contributed by atoms with E-state index in [2.05, 4.69) is 20.8 Å². The highest BCUT2D eigenvalue weighted by atomic mass is 35.5. The molecule has 1 aliphatic rings. The monoisotopic (exact) mass is 612 g/mol. The number of hydrogen-bond acceptors (Lipinski definition) is 11. The Morgan fingerprint density at radius 3 is 2.59 bits per heavy atom. The van der Waals surface area contributed by atoms with Crippen LogP contribution in [0.1, 0.15) is 16.1 Å². The Kier molecular flexibility index (Phi) is 8.01. The van der Waals surface area contributed by atoms with Gasteiger partial charge in [-0.3, -0.25) is 25.7 Å². The SMILES string of the molecule is Cc1nc(Nc2ccc(Cl)c(Cl)c2)sc1/C(C=Cc1ccc2c(c1)OCO2)=N\Nc1ccc([N+](=O)[O-])cc1[N+](=O)[O-]. The first kappa shape index (κ1) is 27.8. The summed E-state index contributed by atoms with van der Waals surface area (Å²) >= 11 is 13.4. The van der Waals surface area contributed by atoms with Crippen molar-refractivity contribution in [1.29, 1.82) is 0 Å². The summed E-state index contributed by atoms with van der Waals surface area (Å²) in [6, 6.07) is 13.8. The van der Waals surface area contributed by atoms with Crippen LogP contribution >= 0.6 is 34.5 Å². The number of nitro groups is 2. The smallest absolute Gasteiger partial charge is 0.301 e. The van der Waals surface area contributed by atoms with E-state index in [4.69, 9.17) is 32.7 Å². The lowest BCUT2D eigenvalue weighted by molar-refractivity contribution is -0.393. The Morgan fingerprint density at radius 1 is 1.02 bits per heavy atom. The standard InChI is InChI=1S/C26H18Cl2N6O6S/c1-14-25(41-26(29-14)30-16-4-6-18(27)19(28)11-16)21(7-2-15-3-9-23-24(10-15)40-13-39-23)32-31-20-8-5-17(33(35)36)12-22(20)34(37)38/h2-12,31H,13H2,1H3,(H,29,30)/b7-2?,32-21-. The van der Waals surface area contributed by atoms with Crippen LogP contribution in [0.3, 0.4) is 0 Å². The summed E-state index contributed by atoms with van der Waals surface area (Å²) in [6.45, 7) is 1.94. The molecule has 1 aromatic heterocycles. The van der Waals surface area contributed by atoms with E-state index in [1.165, 1.54) is 17.4 Å². The molecule has 208 valence electrons. The van der Waals surface area contributed by atoms with Gasteiger partial charge in [-0.2, -0.15) is 5.10 Å². The molecule has 2 N–H and O–H groups in total. The third-order valence-electron chi connectivity index (χ3n) is 5.72. The summed E-state index contributed by atoms with van der Waals surface area (Å²) in [4.78, 5) is 26.5. The van der Waals surface area contributed by atoms with Crippen molar-refractivity contribution in [2.45, 2.75) is 6.92 Å². The molecule has 4 aromatic rings. The topological polar surface area (TPSA) is 154 Å². The van der Waals surface area contributed by atoms with Crippen LogP contribution in [0.4, 0.5) is 27.9 Å². The average molecular weight is 613 g/mol. The van der Waals surface area contributed by atoms with Crippen molar-refractivity contribution >= 4 is 74.2 Å². The number of non-ortho nitro benzene ring substituents is 1. The molecule has 15 heteroatoms. The normalized spacial score (nSPS) is 12.5. The second-order valence-electron chi connectivity index (χ2n) is 8.46. The number of halogens is 2. The number of aromatic nitrogens is 1. The van der Waals surface area contributed by atoms with Crippen LogP contribution < -0.4 is 20.2 Å². The first-order valence-electron chi connectivity index (χ1n) is 11.7. The zero-order valence-electron chi connectivity index (χ0n) is 21.0. The molecule has 0 radical (unpaired) electrons. The maximum atomic E-state index is 11.6. The Bertz CT molecular complexity index is 1740. The highest BCUT2D eigenvalue weighted by Gasteiger charge is 2.20. The van der Waals surface area contributed by atoms with Gasteiger partial charge in [0.15, 0.2) is 16.6 Å². The zero-order valence-corrected chi connectivity index (χ0v) is 23.3.